The Morgan fingerprint density at radius 2 is 1.35 bits per heavy atom. The summed E-state index contributed by atoms with van der Waals surface area (Å²) in [5.41, 5.74) is 13.0. The first-order valence-electron chi connectivity index (χ1n) is 15.1. The lowest BCUT2D eigenvalue weighted by Crippen LogP contribution is -1.99. The van der Waals surface area contributed by atoms with Gasteiger partial charge in [0.1, 0.15) is 11.2 Å². The molecular weight excluding hydrogens is 524 g/mol. The van der Waals surface area contributed by atoms with Crippen LogP contribution in [0.1, 0.15) is 29.7 Å². The second-order valence-corrected chi connectivity index (χ2v) is 11.7. The van der Waals surface area contributed by atoms with E-state index in [2.05, 4.69) is 144 Å². The summed E-state index contributed by atoms with van der Waals surface area (Å²) in [4.78, 5) is 0. The Hall–Kier alpha value is -5.28. The molecule has 0 amide bonds. The van der Waals surface area contributed by atoms with Gasteiger partial charge in [0.15, 0.2) is 0 Å². The van der Waals surface area contributed by atoms with Crippen molar-refractivity contribution in [3.63, 3.8) is 0 Å². The lowest BCUT2D eigenvalue weighted by Gasteiger charge is -2.14. The van der Waals surface area contributed by atoms with Gasteiger partial charge in [-0.05, 0) is 85.9 Å². The van der Waals surface area contributed by atoms with Crippen LogP contribution in [0.4, 0.5) is 0 Å². The maximum atomic E-state index is 6.54. The fraction of sp³-hybridized carbons (Fsp3) is 0.100. The van der Waals surface area contributed by atoms with Crippen molar-refractivity contribution in [2.45, 2.75) is 26.7 Å². The number of fused-ring (bicyclic) bond motifs is 7. The molecule has 0 bridgehead atoms. The van der Waals surface area contributed by atoms with Crippen LogP contribution in [0.3, 0.4) is 0 Å². The van der Waals surface area contributed by atoms with E-state index in [1.165, 1.54) is 66.2 Å². The lowest BCUT2D eigenvalue weighted by molar-refractivity contribution is 0.669. The molecule has 206 valence electrons. The van der Waals surface area contributed by atoms with E-state index in [9.17, 15) is 0 Å². The Balaban J connectivity index is 1.40. The van der Waals surface area contributed by atoms with E-state index in [0.717, 1.165) is 35.1 Å². The number of allylic oxidation sites excluding steroid dienone is 4. The third-order valence-corrected chi connectivity index (χ3v) is 9.44. The molecule has 5 aromatic carbocycles. The minimum absolute atomic E-state index is 0.914. The molecule has 3 heterocycles. The minimum Gasteiger partial charge on any atom is -0.456 e. The van der Waals surface area contributed by atoms with Crippen LogP contribution in [-0.4, -0.2) is 9.13 Å². The van der Waals surface area contributed by atoms with Crippen LogP contribution >= 0.6 is 0 Å². The SMILES string of the molecule is Cc1c(C)n(-c2ccc3c4ccccc4n(-c4cccc5oc6cccc(C7=CC=CCC7)c6c45)c3c2)c2ccccc12. The van der Waals surface area contributed by atoms with E-state index in [-0.39, 0.29) is 0 Å². The second kappa shape index (κ2) is 9.11. The molecule has 0 radical (unpaired) electrons. The zero-order valence-corrected chi connectivity index (χ0v) is 24.3. The summed E-state index contributed by atoms with van der Waals surface area (Å²) in [5.74, 6) is 0. The highest BCUT2D eigenvalue weighted by Crippen LogP contribution is 2.42. The standard InChI is InChI=1S/C40H30N2O/c1-25-26(2)41(33-17-8-6-14-29(25)33)28-22-23-32-31-15-7-9-18-34(31)42(36(32)24-28)35-19-11-21-38-40(35)39-30(16-10-20-37(39)43-38)27-12-4-3-5-13-27/h3-4,6-12,14-24H,5,13H2,1-2H3. The third kappa shape index (κ3) is 3.42. The number of benzene rings is 5. The molecule has 8 aromatic rings. The molecule has 0 aliphatic heterocycles. The molecule has 0 spiro atoms. The fourth-order valence-corrected chi connectivity index (χ4v) is 7.35. The van der Waals surface area contributed by atoms with Gasteiger partial charge in [0.2, 0.25) is 0 Å². The maximum absolute atomic E-state index is 6.54. The van der Waals surface area contributed by atoms with E-state index < -0.39 is 0 Å². The normalized spacial score (nSPS) is 13.7. The van der Waals surface area contributed by atoms with Crippen LogP contribution < -0.4 is 0 Å². The largest absolute Gasteiger partial charge is 0.456 e. The average molecular weight is 555 g/mol. The molecule has 0 N–H and O–H groups in total. The highest BCUT2D eigenvalue weighted by molar-refractivity contribution is 6.17. The molecule has 0 unspecified atom stereocenters. The maximum Gasteiger partial charge on any atom is 0.137 e. The molecule has 3 heteroatoms. The summed E-state index contributed by atoms with van der Waals surface area (Å²) < 4.78 is 11.4. The monoisotopic (exact) mass is 554 g/mol. The van der Waals surface area contributed by atoms with Crippen molar-refractivity contribution < 1.29 is 4.42 Å². The van der Waals surface area contributed by atoms with Crippen molar-refractivity contribution in [1.29, 1.82) is 0 Å². The van der Waals surface area contributed by atoms with Crippen LogP contribution in [0.25, 0.3) is 71.6 Å². The molecule has 0 fully saturated rings. The summed E-state index contributed by atoms with van der Waals surface area (Å²) >= 11 is 0. The first-order valence-corrected chi connectivity index (χ1v) is 15.1. The topological polar surface area (TPSA) is 23.0 Å². The van der Waals surface area contributed by atoms with Gasteiger partial charge in [-0.3, -0.25) is 0 Å². The summed E-state index contributed by atoms with van der Waals surface area (Å²) in [6.07, 6.45) is 8.79. The van der Waals surface area contributed by atoms with E-state index in [4.69, 9.17) is 4.42 Å². The lowest BCUT2D eigenvalue weighted by atomic mass is 9.93. The molecule has 0 saturated heterocycles. The van der Waals surface area contributed by atoms with Crippen molar-refractivity contribution in [1.82, 2.24) is 9.13 Å². The van der Waals surface area contributed by atoms with Crippen LogP contribution in [0, 0.1) is 13.8 Å². The Morgan fingerprint density at radius 1 is 0.628 bits per heavy atom. The number of aromatic nitrogens is 2. The Bertz CT molecular complexity index is 2480. The molecule has 0 saturated carbocycles. The molecule has 3 aromatic heterocycles. The quantitative estimate of drug-likeness (QED) is 0.213. The zero-order valence-electron chi connectivity index (χ0n) is 24.3. The van der Waals surface area contributed by atoms with Gasteiger partial charge in [0.25, 0.3) is 0 Å². The minimum atomic E-state index is 0.914. The Morgan fingerprint density at radius 3 is 2.16 bits per heavy atom. The molecule has 3 nitrogen and oxygen atoms in total. The molecule has 1 aliphatic carbocycles. The van der Waals surface area contributed by atoms with E-state index in [1.54, 1.807) is 0 Å². The van der Waals surface area contributed by atoms with Gasteiger partial charge >= 0.3 is 0 Å². The highest BCUT2D eigenvalue weighted by Gasteiger charge is 2.21. The number of furan rings is 1. The Labute approximate surface area is 249 Å². The van der Waals surface area contributed by atoms with E-state index >= 15 is 0 Å². The summed E-state index contributed by atoms with van der Waals surface area (Å²) in [7, 11) is 0. The molecule has 43 heavy (non-hydrogen) atoms. The van der Waals surface area contributed by atoms with Crippen molar-refractivity contribution in [3.05, 3.63) is 138 Å². The van der Waals surface area contributed by atoms with Gasteiger partial charge < -0.3 is 13.6 Å². The van der Waals surface area contributed by atoms with Crippen molar-refractivity contribution in [3.8, 4) is 11.4 Å². The average Bonchev–Trinajstić information content (AvgIpc) is 3.68. The molecule has 0 atom stereocenters. The zero-order chi connectivity index (χ0) is 28.7. The number of aryl methyl sites for hydroxylation is 1. The van der Waals surface area contributed by atoms with Gasteiger partial charge in [0.05, 0.1) is 27.6 Å². The number of hydrogen-bond donors (Lipinski definition) is 0. The number of para-hydroxylation sites is 2. The van der Waals surface area contributed by atoms with Crippen LogP contribution in [0.5, 0.6) is 0 Å². The molecule has 1 aliphatic rings. The van der Waals surface area contributed by atoms with E-state index in [1.807, 2.05) is 0 Å². The number of hydrogen-bond acceptors (Lipinski definition) is 1. The summed E-state index contributed by atoms with van der Waals surface area (Å²) in [6, 6.07) is 37.4. The first kappa shape index (κ1) is 24.3. The summed E-state index contributed by atoms with van der Waals surface area (Å²) in [5, 5.41) is 6.15. The van der Waals surface area contributed by atoms with Gasteiger partial charge in [-0.25, -0.2) is 0 Å². The van der Waals surface area contributed by atoms with Crippen molar-refractivity contribution in [2.24, 2.45) is 0 Å². The van der Waals surface area contributed by atoms with Gasteiger partial charge in [-0.2, -0.15) is 0 Å². The first-order chi connectivity index (χ1) is 21.2. The number of nitrogens with zero attached hydrogens (tertiary/aromatic N) is 2. The van der Waals surface area contributed by atoms with Gasteiger partial charge in [0, 0.05) is 32.9 Å². The Kier molecular flexibility index (Phi) is 5.15. The predicted molar refractivity (Wildman–Crippen MR) is 181 cm³/mol. The molecular formula is C40H30N2O. The summed E-state index contributed by atoms with van der Waals surface area (Å²) in [6.45, 7) is 4.45. The third-order valence-electron chi connectivity index (χ3n) is 9.44. The van der Waals surface area contributed by atoms with Crippen molar-refractivity contribution >= 4 is 60.2 Å². The van der Waals surface area contributed by atoms with Gasteiger partial charge in [-0.1, -0.05) is 78.9 Å². The predicted octanol–water partition coefficient (Wildman–Crippen LogP) is 11.0. The van der Waals surface area contributed by atoms with E-state index in [0.29, 0.717) is 0 Å². The van der Waals surface area contributed by atoms with Crippen LogP contribution in [-0.2, 0) is 0 Å². The van der Waals surface area contributed by atoms with Gasteiger partial charge in [-0.15, -0.1) is 0 Å². The fourth-order valence-electron chi connectivity index (χ4n) is 7.35. The smallest absolute Gasteiger partial charge is 0.137 e. The second-order valence-electron chi connectivity index (χ2n) is 11.7. The van der Waals surface area contributed by atoms with Crippen LogP contribution in [0.2, 0.25) is 0 Å². The molecule has 9 rings (SSSR count). The van der Waals surface area contributed by atoms with Crippen LogP contribution in [0.15, 0.2) is 126 Å². The highest BCUT2D eigenvalue weighted by atomic mass is 16.3. The van der Waals surface area contributed by atoms with Crippen molar-refractivity contribution in [2.75, 3.05) is 0 Å². The number of rotatable bonds is 3.